The van der Waals surface area contributed by atoms with Crippen LogP contribution in [0.2, 0.25) is 10.0 Å². The number of carbonyl (C=O) groups excluding carboxylic acids is 1. The number of amides is 1. The van der Waals surface area contributed by atoms with Gasteiger partial charge in [-0.05, 0) is 48.5 Å². The molecular weight excluding hydrogens is 369 g/mol. The van der Waals surface area contributed by atoms with Gasteiger partial charge in [-0.3, -0.25) is 4.79 Å². The summed E-state index contributed by atoms with van der Waals surface area (Å²) >= 11 is 12.0. The van der Waals surface area contributed by atoms with Crippen LogP contribution in [0.1, 0.15) is 16.1 Å². The summed E-state index contributed by atoms with van der Waals surface area (Å²) < 4.78 is 0. The van der Waals surface area contributed by atoms with Crippen LogP contribution in [0.25, 0.3) is 6.08 Å². The zero-order valence-corrected chi connectivity index (χ0v) is 15.2. The number of halogens is 2. The van der Waals surface area contributed by atoms with E-state index in [0.29, 0.717) is 28.0 Å². The van der Waals surface area contributed by atoms with E-state index >= 15 is 0 Å². The number of H-pyrrole nitrogens is 1. The van der Waals surface area contributed by atoms with Crippen LogP contribution in [-0.4, -0.2) is 17.4 Å². The summed E-state index contributed by atoms with van der Waals surface area (Å²) in [7, 11) is 0. The molecule has 0 radical (unpaired) electrons. The van der Waals surface area contributed by atoms with Crippen molar-refractivity contribution in [3.8, 4) is 0 Å². The van der Waals surface area contributed by atoms with E-state index in [0.717, 1.165) is 17.1 Å². The quantitative estimate of drug-likeness (QED) is 0.605. The first kappa shape index (κ1) is 16.8. The third-order valence-electron chi connectivity index (χ3n) is 4.15. The minimum absolute atomic E-state index is 0.217. The van der Waals surface area contributed by atoms with E-state index in [4.69, 9.17) is 23.2 Å². The lowest BCUT2D eigenvalue weighted by molar-refractivity contribution is 0.102. The zero-order valence-electron chi connectivity index (χ0n) is 13.7. The third kappa shape index (κ3) is 3.34. The lowest BCUT2D eigenvalue weighted by Crippen LogP contribution is -2.20. The number of carbonyl (C=O) groups is 1. The SMILES string of the molecule is O=C(Nc1cccc(Cl)c1)c1cc2c([nH]1)N(c1ccc(Cl)cc1)CC=C2. The Balaban J connectivity index is 1.61. The maximum Gasteiger partial charge on any atom is 0.272 e. The maximum atomic E-state index is 12.6. The summed E-state index contributed by atoms with van der Waals surface area (Å²) in [6.45, 7) is 0.713. The summed E-state index contributed by atoms with van der Waals surface area (Å²) in [5, 5.41) is 4.12. The monoisotopic (exact) mass is 383 g/mol. The third-order valence-corrected chi connectivity index (χ3v) is 4.63. The minimum atomic E-state index is -0.217. The largest absolute Gasteiger partial charge is 0.337 e. The van der Waals surface area contributed by atoms with Crippen molar-refractivity contribution in [3.63, 3.8) is 0 Å². The topological polar surface area (TPSA) is 48.1 Å². The maximum absolute atomic E-state index is 12.6. The van der Waals surface area contributed by atoms with Crippen molar-refractivity contribution in [3.05, 3.63) is 82.0 Å². The Hall–Kier alpha value is -2.69. The average molecular weight is 384 g/mol. The molecule has 2 heterocycles. The molecule has 3 aromatic rings. The highest BCUT2D eigenvalue weighted by Crippen LogP contribution is 2.33. The average Bonchev–Trinajstić information content (AvgIpc) is 3.07. The number of benzene rings is 2. The molecule has 4 nitrogen and oxygen atoms in total. The molecule has 26 heavy (non-hydrogen) atoms. The van der Waals surface area contributed by atoms with E-state index in [-0.39, 0.29) is 5.91 Å². The Bertz CT molecular complexity index is 993. The molecule has 4 rings (SSSR count). The first-order valence-electron chi connectivity index (χ1n) is 8.10. The van der Waals surface area contributed by atoms with Gasteiger partial charge in [0.25, 0.3) is 5.91 Å². The summed E-state index contributed by atoms with van der Waals surface area (Å²) in [6, 6.07) is 16.5. The van der Waals surface area contributed by atoms with Crippen molar-refractivity contribution in [2.45, 2.75) is 0 Å². The number of hydrogen-bond acceptors (Lipinski definition) is 2. The van der Waals surface area contributed by atoms with Gasteiger partial charge in [-0.2, -0.15) is 0 Å². The Morgan fingerprint density at radius 3 is 2.62 bits per heavy atom. The molecule has 0 saturated carbocycles. The second kappa shape index (κ2) is 6.90. The first-order chi connectivity index (χ1) is 12.6. The first-order valence-corrected chi connectivity index (χ1v) is 8.85. The van der Waals surface area contributed by atoms with Gasteiger partial charge >= 0.3 is 0 Å². The molecule has 1 aliphatic heterocycles. The van der Waals surface area contributed by atoms with E-state index in [1.807, 2.05) is 36.4 Å². The summed E-state index contributed by atoms with van der Waals surface area (Å²) in [4.78, 5) is 17.9. The van der Waals surface area contributed by atoms with Crippen LogP contribution in [0.4, 0.5) is 17.2 Å². The highest BCUT2D eigenvalue weighted by Gasteiger charge is 2.20. The van der Waals surface area contributed by atoms with Crippen LogP contribution in [-0.2, 0) is 0 Å². The highest BCUT2D eigenvalue weighted by molar-refractivity contribution is 6.31. The van der Waals surface area contributed by atoms with Gasteiger partial charge in [0.1, 0.15) is 11.5 Å². The lowest BCUT2D eigenvalue weighted by atomic mass is 10.1. The molecular formula is C20H15Cl2N3O. The van der Waals surface area contributed by atoms with E-state index < -0.39 is 0 Å². The fourth-order valence-corrected chi connectivity index (χ4v) is 3.25. The summed E-state index contributed by atoms with van der Waals surface area (Å²) in [6.07, 6.45) is 4.07. The van der Waals surface area contributed by atoms with Crippen LogP contribution < -0.4 is 10.2 Å². The number of rotatable bonds is 3. The van der Waals surface area contributed by atoms with Gasteiger partial charge in [0.2, 0.25) is 0 Å². The molecule has 0 spiro atoms. The van der Waals surface area contributed by atoms with E-state index in [2.05, 4.69) is 21.3 Å². The number of anilines is 3. The van der Waals surface area contributed by atoms with Gasteiger partial charge in [-0.15, -0.1) is 0 Å². The van der Waals surface area contributed by atoms with Crippen LogP contribution in [0.3, 0.4) is 0 Å². The zero-order chi connectivity index (χ0) is 18.1. The van der Waals surface area contributed by atoms with Crippen LogP contribution in [0.15, 0.2) is 60.7 Å². The van der Waals surface area contributed by atoms with Gasteiger partial charge in [0.05, 0.1) is 0 Å². The molecule has 0 atom stereocenters. The number of aromatic nitrogens is 1. The molecule has 1 aliphatic rings. The molecule has 2 N–H and O–H groups in total. The van der Waals surface area contributed by atoms with Gasteiger partial charge in [0.15, 0.2) is 0 Å². The van der Waals surface area contributed by atoms with Crippen molar-refractivity contribution in [2.75, 3.05) is 16.8 Å². The van der Waals surface area contributed by atoms with Crippen LogP contribution >= 0.6 is 23.2 Å². The molecule has 0 aliphatic carbocycles. The Kier molecular flexibility index (Phi) is 4.45. The molecule has 0 unspecified atom stereocenters. The number of aromatic amines is 1. The molecule has 0 bridgehead atoms. The van der Waals surface area contributed by atoms with Crippen LogP contribution in [0.5, 0.6) is 0 Å². The second-order valence-electron chi connectivity index (χ2n) is 5.94. The minimum Gasteiger partial charge on any atom is -0.337 e. The normalized spacial score (nSPS) is 12.8. The number of fused-ring (bicyclic) bond motifs is 1. The highest BCUT2D eigenvalue weighted by atomic mass is 35.5. The lowest BCUT2D eigenvalue weighted by Gasteiger charge is -2.25. The van der Waals surface area contributed by atoms with Gasteiger partial charge in [-0.1, -0.05) is 41.4 Å². The Morgan fingerprint density at radius 1 is 1.04 bits per heavy atom. The predicted molar refractivity (Wildman–Crippen MR) is 108 cm³/mol. The van der Waals surface area contributed by atoms with Crippen molar-refractivity contribution < 1.29 is 4.79 Å². The molecule has 6 heteroatoms. The van der Waals surface area contributed by atoms with Crippen molar-refractivity contribution in [2.24, 2.45) is 0 Å². The molecule has 0 fully saturated rings. The summed E-state index contributed by atoms with van der Waals surface area (Å²) in [5.74, 6) is 0.664. The van der Waals surface area contributed by atoms with Gasteiger partial charge in [-0.25, -0.2) is 0 Å². The summed E-state index contributed by atoms with van der Waals surface area (Å²) in [5.41, 5.74) is 3.10. The van der Waals surface area contributed by atoms with Gasteiger partial charge in [0, 0.05) is 33.5 Å². The Morgan fingerprint density at radius 2 is 1.85 bits per heavy atom. The van der Waals surface area contributed by atoms with Crippen LogP contribution in [0, 0.1) is 0 Å². The molecule has 130 valence electrons. The van der Waals surface area contributed by atoms with Crippen molar-refractivity contribution in [1.29, 1.82) is 0 Å². The van der Waals surface area contributed by atoms with E-state index in [1.165, 1.54) is 0 Å². The molecule has 1 aromatic heterocycles. The number of nitrogens with one attached hydrogen (secondary N) is 2. The molecule has 2 aromatic carbocycles. The second-order valence-corrected chi connectivity index (χ2v) is 6.81. The van der Waals surface area contributed by atoms with E-state index in [1.54, 1.807) is 24.3 Å². The molecule has 0 saturated heterocycles. The van der Waals surface area contributed by atoms with Crippen molar-refractivity contribution >= 4 is 52.4 Å². The standard InChI is InChI=1S/C20H15Cl2N3O/c21-14-6-8-17(9-7-14)25-10-2-3-13-11-18(24-19(13)25)20(26)23-16-5-1-4-15(22)12-16/h1-9,11-12,24H,10H2,(H,23,26). The fraction of sp³-hybridized carbons (Fsp3) is 0.0500. The predicted octanol–water partition coefficient (Wildman–Crippen LogP) is 5.74. The number of hydrogen-bond donors (Lipinski definition) is 2. The van der Waals surface area contributed by atoms with Gasteiger partial charge < -0.3 is 15.2 Å². The fourth-order valence-electron chi connectivity index (χ4n) is 2.93. The Labute approximate surface area is 161 Å². The smallest absolute Gasteiger partial charge is 0.272 e. The van der Waals surface area contributed by atoms with E-state index in [9.17, 15) is 4.79 Å². The number of nitrogens with zero attached hydrogens (tertiary/aromatic N) is 1. The molecule has 1 amide bonds. The van der Waals surface area contributed by atoms with Crippen molar-refractivity contribution in [1.82, 2.24) is 4.98 Å².